The van der Waals surface area contributed by atoms with E-state index in [1.807, 2.05) is 43.7 Å². The monoisotopic (exact) mass is 417 g/mol. The van der Waals surface area contributed by atoms with Gasteiger partial charge >= 0.3 is 0 Å². The van der Waals surface area contributed by atoms with E-state index < -0.39 is 0 Å². The molecule has 0 radical (unpaired) electrons. The van der Waals surface area contributed by atoms with Crippen LogP contribution in [0.25, 0.3) is 22.0 Å². The summed E-state index contributed by atoms with van der Waals surface area (Å²) in [5.41, 5.74) is 3.53. The normalized spacial score (nSPS) is 16.1. The lowest BCUT2D eigenvalue weighted by atomic mass is 10.1. The molecule has 9 nitrogen and oxygen atoms in total. The molecular formula is C22H23N7O2. The maximum Gasteiger partial charge on any atom is 0.227 e. The highest BCUT2D eigenvalue weighted by Crippen LogP contribution is 2.33. The number of anilines is 3. The van der Waals surface area contributed by atoms with Crippen LogP contribution in [0.2, 0.25) is 0 Å². The van der Waals surface area contributed by atoms with Crippen LogP contribution < -0.4 is 15.0 Å². The molecule has 4 aromatic rings. The lowest BCUT2D eigenvalue weighted by Crippen LogP contribution is -2.22. The number of methoxy groups -OCH3 is 1. The Balaban J connectivity index is 1.47. The summed E-state index contributed by atoms with van der Waals surface area (Å²) in [6.45, 7) is 1.31. The highest BCUT2D eigenvalue weighted by atomic mass is 16.5. The molecular weight excluding hydrogens is 394 g/mol. The van der Waals surface area contributed by atoms with Crippen molar-refractivity contribution in [2.24, 2.45) is 7.05 Å². The molecule has 1 aliphatic heterocycles. The number of fused-ring (bicyclic) bond motifs is 1. The predicted molar refractivity (Wildman–Crippen MR) is 119 cm³/mol. The zero-order valence-corrected chi connectivity index (χ0v) is 17.4. The quantitative estimate of drug-likeness (QED) is 0.511. The van der Waals surface area contributed by atoms with E-state index in [1.165, 1.54) is 0 Å². The van der Waals surface area contributed by atoms with Crippen molar-refractivity contribution in [3.8, 4) is 16.9 Å². The van der Waals surface area contributed by atoms with E-state index in [2.05, 4.69) is 25.3 Å². The van der Waals surface area contributed by atoms with Crippen LogP contribution in [0.15, 0.2) is 49.1 Å². The number of ether oxygens (including phenoxy) is 1. The molecule has 1 fully saturated rings. The first-order valence-electron chi connectivity index (χ1n) is 10.1. The third kappa shape index (κ3) is 3.75. The van der Waals surface area contributed by atoms with Crippen LogP contribution in [0.3, 0.4) is 0 Å². The number of benzene rings is 1. The van der Waals surface area contributed by atoms with Gasteiger partial charge in [0.1, 0.15) is 11.3 Å². The van der Waals surface area contributed by atoms with Gasteiger partial charge in [-0.2, -0.15) is 5.10 Å². The SMILES string of the molecule is COc1cc(-c2cnn(C)c2)ccc1Nc1ncc2ccnc(N3CCC(O)C3)c2n1. The Labute approximate surface area is 179 Å². The molecule has 0 saturated carbocycles. The van der Waals surface area contributed by atoms with E-state index in [9.17, 15) is 5.11 Å². The van der Waals surface area contributed by atoms with Crippen LogP contribution in [0.4, 0.5) is 17.5 Å². The van der Waals surface area contributed by atoms with Crippen molar-refractivity contribution < 1.29 is 9.84 Å². The van der Waals surface area contributed by atoms with Gasteiger partial charge in [0, 0.05) is 49.7 Å². The first kappa shape index (κ1) is 19.3. The van der Waals surface area contributed by atoms with E-state index in [1.54, 1.807) is 24.2 Å². The maximum atomic E-state index is 9.91. The molecule has 1 aliphatic rings. The predicted octanol–water partition coefficient (Wildman–Crippen LogP) is 2.75. The number of aliphatic hydroxyl groups is 1. The zero-order chi connectivity index (χ0) is 21.4. The van der Waals surface area contributed by atoms with Crippen molar-refractivity contribution in [1.82, 2.24) is 24.7 Å². The Morgan fingerprint density at radius 2 is 2.06 bits per heavy atom. The number of β-amino-alcohol motifs (C(OH)–C–C–N with tert-alkyl or cyclic N) is 1. The second kappa shape index (κ2) is 7.84. The van der Waals surface area contributed by atoms with Gasteiger partial charge in [0.2, 0.25) is 5.95 Å². The summed E-state index contributed by atoms with van der Waals surface area (Å²) in [6, 6.07) is 7.79. The summed E-state index contributed by atoms with van der Waals surface area (Å²) >= 11 is 0. The van der Waals surface area contributed by atoms with Gasteiger partial charge in [0.25, 0.3) is 0 Å². The summed E-state index contributed by atoms with van der Waals surface area (Å²) in [5, 5.41) is 18.3. The number of aromatic nitrogens is 5. The Morgan fingerprint density at radius 3 is 2.81 bits per heavy atom. The van der Waals surface area contributed by atoms with E-state index in [-0.39, 0.29) is 6.10 Å². The van der Waals surface area contributed by atoms with Gasteiger partial charge in [-0.15, -0.1) is 0 Å². The summed E-state index contributed by atoms with van der Waals surface area (Å²) in [7, 11) is 3.52. The Bertz CT molecular complexity index is 1240. The molecule has 3 aromatic heterocycles. The minimum Gasteiger partial charge on any atom is -0.495 e. The van der Waals surface area contributed by atoms with Gasteiger partial charge in [-0.25, -0.2) is 15.0 Å². The van der Waals surface area contributed by atoms with Crippen molar-refractivity contribution in [3.63, 3.8) is 0 Å². The third-order valence-corrected chi connectivity index (χ3v) is 5.43. The van der Waals surface area contributed by atoms with Crippen LogP contribution in [0, 0.1) is 0 Å². The molecule has 31 heavy (non-hydrogen) atoms. The molecule has 158 valence electrons. The van der Waals surface area contributed by atoms with E-state index >= 15 is 0 Å². The molecule has 0 amide bonds. The lowest BCUT2D eigenvalue weighted by molar-refractivity contribution is 0.198. The van der Waals surface area contributed by atoms with Crippen molar-refractivity contribution in [3.05, 3.63) is 49.1 Å². The number of rotatable bonds is 5. The molecule has 1 atom stereocenters. The van der Waals surface area contributed by atoms with Gasteiger partial charge < -0.3 is 20.1 Å². The fraction of sp³-hybridized carbons (Fsp3) is 0.273. The average molecular weight is 417 g/mol. The number of nitrogens with one attached hydrogen (secondary N) is 1. The number of aliphatic hydroxyl groups excluding tert-OH is 1. The van der Waals surface area contributed by atoms with Crippen LogP contribution >= 0.6 is 0 Å². The standard InChI is InChI=1S/C22H23N7O2/c1-28-12-16(11-25-28)14-3-4-18(19(9-14)31-2)26-22-24-10-15-5-7-23-21(20(15)27-22)29-8-6-17(30)13-29/h3-5,7,9-12,17,30H,6,8,13H2,1-2H3,(H,24,26,27). The molecule has 1 saturated heterocycles. The topological polar surface area (TPSA) is 101 Å². The first-order valence-corrected chi connectivity index (χ1v) is 10.1. The van der Waals surface area contributed by atoms with E-state index in [4.69, 9.17) is 9.72 Å². The second-order valence-corrected chi connectivity index (χ2v) is 7.60. The van der Waals surface area contributed by atoms with Gasteiger partial charge in [-0.3, -0.25) is 4.68 Å². The van der Waals surface area contributed by atoms with Crippen molar-refractivity contribution in [2.45, 2.75) is 12.5 Å². The third-order valence-electron chi connectivity index (χ3n) is 5.43. The fourth-order valence-corrected chi connectivity index (χ4v) is 3.83. The number of nitrogens with zero attached hydrogens (tertiary/aromatic N) is 6. The average Bonchev–Trinajstić information content (AvgIpc) is 3.42. The summed E-state index contributed by atoms with van der Waals surface area (Å²) in [5.74, 6) is 1.89. The Morgan fingerprint density at radius 1 is 1.16 bits per heavy atom. The van der Waals surface area contributed by atoms with Gasteiger partial charge in [-0.05, 0) is 30.2 Å². The van der Waals surface area contributed by atoms with Crippen molar-refractivity contribution in [2.75, 3.05) is 30.4 Å². The number of aryl methyl sites for hydroxylation is 1. The van der Waals surface area contributed by atoms with Crippen LogP contribution in [0.5, 0.6) is 5.75 Å². The van der Waals surface area contributed by atoms with Crippen molar-refractivity contribution in [1.29, 1.82) is 0 Å². The summed E-state index contributed by atoms with van der Waals surface area (Å²) in [6.07, 6.45) is 7.70. The minimum atomic E-state index is -0.334. The lowest BCUT2D eigenvalue weighted by Gasteiger charge is -2.18. The summed E-state index contributed by atoms with van der Waals surface area (Å²) in [4.78, 5) is 15.8. The van der Waals surface area contributed by atoms with E-state index in [0.29, 0.717) is 18.2 Å². The number of hydrogen-bond donors (Lipinski definition) is 2. The number of pyridine rings is 1. The summed E-state index contributed by atoms with van der Waals surface area (Å²) < 4.78 is 7.36. The molecule has 1 aromatic carbocycles. The highest BCUT2D eigenvalue weighted by molar-refractivity contribution is 5.89. The first-order chi connectivity index (χ1) is 15.1. The van der Waals surface area contributed by atoms with Gasteiger partial charge in [0.05, 0.1) is 25.1 Å². The smallest absolute Gasteiger partial charge is 0.227 e. The molecule has 0 spiro atoms. The van der Waals surface area contributed by atoms with Crippen LogP contribution in [-0.2, 0) is 7.05 Å². The zero-order valence-electron chi connectivity index (χ0n) is 17.4. The molecule has 4 heterocycles. The van der Waals surface area contributed by atoms with Crippen LogP contribution in [0.1, 0.15) is 6.42 Å². The van der Waals surface area contributed by atoms with Gasteiger partial charge in [-0.1, -0.05) is 6.07 Å². The molecule has 2 N–H and O–H groups in total. The molecule has 0 bridgehead atoms. The maximum absolute atomic E-state index is 9.91. The van der Waals surface area contributed by atoms with Gasteiger partial charge in [0.15, 0.2) is 5.82 Å². The highest BCUT2D eigenvalue weighted by Gasteiger charge is 2.23. The van der Waals surface area contributed by atoms with E-state index in [0.717, 1.165) is 46.5 Å². The fourth-order valence-electron chi connectivity index (χ4n) is 3.83. The van der Waals surface area contributed by atoms with Crippen molar-refractivity contribution >= 4 is 28.4 Å². The number of hydrogen-bond acceptors (Lipinski definition) is 8. The second-order valence-electron chi connectivity index (χ2n) is 7.60. The molecule has 1 unspecified atom stereocenters. The Kier molecular flexibility index (Phi) is 4.87. The largest absolute Gasteiger partial charge is 0.495 e. The Hall–Kier alpha value is -3.72. The van der Waals surface area contributed by atoms with Crippen LogP contribution in [-0.4, -0.2) is 56.1 Å². The molecule has 5 rings (SSSR count). The minimum absolute atomic E-state index is 0.334. The molecule has 9 heteroatoms. The molecule has 0 aliphatic carbocycles.